The summed E-state index contributed by atoms with van der Waals surface area (Å²) in [5, 5.41) is 0.000000000000000222. The summed E-state index contributed by atoms with van der Waals surface area (Å²) in [6, 6.07) is 0. The minimum absolute atomic E-state index is 0.000000000000000222. The van der Waals surface area contributed by atoms with E-state index in [-0.39, 0.29) is 5.11 Å². The van der Waals surface area contributed by atoms with Crippen molar-refractivity contribution in [2.45, 2.75) is 0 Å². The zero-order chi connectivity index (χ0) is 7.15. The molecular formula is CH4AuCl3N2S. The predicted molar refractivity (Wildman–Crippen MR) is 38.5 cm³/mol. The zero-order valence-corrected chi connectivity index (χ0v) is 8.75. The average molecular weight is 379 g/mol. The van der Waals surface area contributed by atoms with Gasteiger partial charge in [0.25, 0.3) is 0 Å². The summed E-state index contributed by atoms with van der Waals surface area (Å²) < 4.78 is 0. The number of hydrogen-bond acceptors (Lipinski definition) is 1. The molecule has 2 nitrogen and oxygen atoms in total. The van der Waals surface area contributed by atoms with Crippen LogP contribution in [-0.4, -0.2) is 5.11 Å². The average Bonchev–Trinajstić information content (AvgIpc) is 1.25. The van der Waals surface area contributed by atoms with Gasteiger partial charge in [-0.3, -0.25) is 0 Å². The van der Waals surface area contributed by atoms with Crippen molar-refractivity contribution in [1.29, 1.82) is 0 Å². The van der Waals surface area contributed by atoms with Crippen LogP contribution in [0.25, 0.3) is 0 Å². The first kappa shape index (κ1) is 12.0. The predicted octanol–water partition coefficient (Wildman–Crippen LogP) is 1.25. The van der Waals surface area contributed by atoms with Gasteiger partial charge in [-0.2, -0.15) is 0 Å². The third kappa shape index (κ3) is 171. The van der Waals surface area contributed by atoms with Crippen LogP contribution in [0.1, 0.15) is 0 Å². The molecule has 0 amide bonds. The first-order valence-corrected chi connectivity index (χ1v) is 9.58. The van der Waals surface area contributed by atoms with Crippen molar-refractivity contribution in [2.24, 2.45) is 11.5 Å². The first-order chi connectivity index (χ1) is 3.46. The molecule has 7 heteroatoms. The van der Waals surface area contributed by atoms with Gasteiger partial charge >= 0.3 is 42.8 Å². The van der Waals surface area contributed by atoms with Crippen LogP contribution in [0.15, 0.2) is 0 Å². The summed E-state index contributed by atoms with van der Waals surface area (Å²) in [5.41, 5.74) is 9.24. The van der Waals surface area contributed by atoms with Crippen molar-refractivity contribution < 1.29 is 15.2 Å². The van der Waals surface area contributed by atoms with Gasteiger partial charge < -0.3 is 11.5 Å². The number of halogens is 3. The number of nitrogens with two attached hydrogens (primary N) is 2. The van der Waals surface area contributed by atoms with Crippen LogP contribution in [0.3, 0.4) is 0 Å². The van der Waals surface area contributed by atoms with E-state index in [1.807, 2.05) is 0 Å². The Balaban J connectivity index is 0. The van der Waals surface area contributed by atoms with E-state index in [1.165, 1.54) is 0 Å². The van der Waals surface area contributed by atoms with E-state index >= 15 is 0 Å². The van der Waals surface area contributed by atoms with Gasteiger partial charge in [0.05, 0.1) is 0 Å². The molecule has 0 spiro atoms. The van der Waals surface area contributed by atoms with Gasteiger partial charge in [-0.15, -0.1) is 0 Å². The molecule has 0 aliphatic rings. The molecule has 0 rings (SSSR count). The molecule has 8 heavy (non-hydrogen) atoms. The molecule has 0 saturated heterocycles. The molecule has 0 bridgehead atoms. The van der Waals surface area contributed by atoms with Crippen molar-refractivity contribution in [1.82, 2.24) is 0 Å². The van der Waals surface area contributed by atoms with Crippen molar-refractivity contribution >= 4 is 44.9 Å². The number of thiocarbonyl (C=S) groups is 1. The van der Waals surface area contributed by atoms with E-state index in [0.717, 1.165) is 0 Å². The van der Waals surface area contributed by atoms with Crippen molar-refractivity contribution in [2.75, 3.05) is 0 Å². The second-order valence-corrected chi connectivity index (χ2v) is 10.4. The molecule has 56 valence electrons. The van der Waals surface area contributed by atoms with Crippen LogP contribution in [0.5, 0.6) is 0 Å². The summed E-state index contributed by atoms with van der Waals surface area (Å²) in [6.07, 6.45) is 0. The molecule has 0 radical (unpaired) electrons. The Labute approximate surface area is 71.0 Å². The Bertz CT molecular complexity index is 61.5. The summed E-state index contributed by atoms with van der Waals surface area (Å²) in [7, 11) is 14.9. The van der Waals surface area contributed by atoms with Crippen molar-refractivity contribution in [3.05, 3.63) is 0 Å². The van der Waals surface area contributed by atoms with Crippen LogP contribution >= 0.6 is 39.8 Å². The topological polar surface area (TPSA) is 52.0 Å². The SMILES string of the molecule is NC(N)=S.[Cl][Au]([Cl])[Cl]. The Hall–Kier alpha value is 1.30. The fourth-order valence-electron chi connectivity index (χ4n) is 0. The third-order valence-corrected chi connectivity index (χ3v) is 0. The van der Waals surface area contributed by atoms with E-state index in [4.69, 9.17) is 27.6 Å². The second kappa shape index (κ2) is 8.30. The normalized spacial score (nSPS) is 8.62. The van der Waals surface area contributed by atoms with Crippen LogP contribution in [0.4, 0.5) is 0 Å². The standard InChI is InChI=1S/CH4N2S.Au.3ClH/c2-1(3)4;;;;/h(H4,2,3,4);;3*1H/q;+3;;;/p-3. The maximum atomic E-state index is 4.95. The maximum absolute atomic E-state index is 4.95. The Morgan fingerprint density at radius 3 is 1.25 bits per heavy atom. The van der Waals surface area contributed by atoms with Crippen LogP contribution in [0, 0.1) is 0 Å². The molecule has 0 atom stereocenters. The second-order valence-electron chi connectivity index (χ2n) is 0.532. The Morgan fingerprint density at radius 1 is 1.25 bits per heavy atom. The molecule has 0 aliphatic heterocycles. The number of rotatable bonds is 0. The molecule has 4 N–H and O–H groups in total. The molecule has 0 fully saturated rings. The zero-order valence-electron chi connectivity index (χ0n) is 3.50. The van der Waals surface area contributed by atoms with Crippen molar-refractivity contribution in [3.63, 3.8) is 0 Å². The molecule has 0 heterocycles. The van der Waals surface area contributed by atoms with E-state index in [2.05, 4.69) is 23.7 Å². The monoisotopic (exact) mass is 378 g/mol. The van der Waals surface area contributed by atoms with Gasteiger partial charge in [-0.05, 0) is 12.2 Å². The number of hydrogen-bond donors (Lipinski definition) is 2. The third-order valence-electron chi connectivity index (χ3n) is 0. The molecule has 0 unspecified atom stereocenters. The molecule has 0 aliphatic carbocycles. The van der Waals surface area contributed by atoms with Gasteiger partial charge in [-0.25, -0.2) is 0 Å². The van der Waals surface area contributed by atoms with Gasteiger partial charge in [0.2, 0.25) is 0 Å². The van der Waals surface area contributed by atoms with E-state index in [1.54, 1.807) is 0 Å². The van der Waals surface area contributed by atoms with E-state index < -0.39 is 15.2 Å². The Kier molecular flexibility index (Phi) is 12.5. The van der Waals surface area contributed by atoms with Gasteiger partial charge in [0.1, 0.15) is 0 Å². The summed E-state index contributed by atoms with van der Waals surface area (Å²) in [5.74, 6) is 0. The van der Waals surface area contributed by atoms with Crippen molar-refractivity contribution in [3.8, 4) is 0 Å². The molecule has 0 saturated carbocycles. The summed E-state index contributed by atoms with van der Waals surface area (Å²) >= 11 is 2.31. The van der Waals surface area contributed by atoms with Gasteiger partial charge in [-0.1, -0.05) is 0 Å². The Morgan fingerprint density at radius 2 is 1.25 bits per heavy atom. The fourth-order valence-corrected chi connectivity index (χ4v) is 0. The molecule has 0 aromatic heterocycles. The first-order valence-electron chi connectivity index (χ1n) is 1.12. The molecule has 0 aromatic carbocycles. The van der Waals surface area contributed by atoms with Gasteiger partial charge in [0.15, 0.2) is 5.11 Å². The molecule has 0 aromatic rings. The van der Waals surface area contributed by atoms with E-state index in [9.17, 15) is 0 Å². The van der Waals surface area contributed by atoms with Crippen LogP contribution in [-0.2, 0) is 15.2 Å². The summed E-state index contributed by atoms with van der Waals surface area (Å²) in [4.78, 5) is 0. The summed E-state index contributed by atoms with van der Waals surface area (Å²) in [6.45, 7) is 0. The minimum atomic E-state index is -1.79. The fraction of sp³-hybridized carbons (Fsp3) is 0. The van der Waals surface area contributed by atoms with Crippen LogP contribution in [0.2, 0.25) is 0 Å². The van der Waals surface area contributed by atoms with Crippen LogP contribution < -0.4 is 11.5 Å². The van der Waals surface area contributed by atoms with E-state index in [0.29, 0.717) is 0 Å². The molecular weight excluding hydrogens is 375 g/mol. The van der Waals surface area contributed by atoms with Gasteiger partial charge in [0, 0.05) is 0 Å². The quantitative estimate of drug-likeness (QED) is 0.492.